The molecular weight excluding hydrogens is 164 g/mol. The Balaban J connectivity index is 2.89. The van der Waals surface area contributed by atoms with Gasteiger partial charge >= 0.3 is 6.16 Å². The van der Waals surface area contributed by atoms with Gasteiger partial charge in [-0.15, -0.1) is 4.39 Å². The molecule has 0 atom stereocenters. The van der Waals surface area contributed by atoms with Crippen LogP contribution in [0.4, 0.5) is 19.3 Å². The van der Waals surface area contributed by atoms with Gasteiger partial charge in [-0.25, -0.2) is 9.18 Å². The maximum absolute atomic E-state index is 12.2. The van der Waals surface area contributed by atoms with Crippen LogP contribution in [0.1, 0.15) is 5.56 Å². The number of amides is 1. The van der Waals surface area contributed by atoms with Gasteiger partial charge in [-0.1, -0.05) is 18.2 Å². The zero-order chi connectivity index (χ0) is 8.97. The molecular formula is C8H7F2NO. The van der Waals surface area contributed by atoms with Gasteiger partial charge in [0.05, 0.1) is 0 Å². The van der Waals surface area contributed by atoms with Gasteiger partial charge < -0.3 is 0 Å². The highest BCUT2D eigenvalue weighted by molar-refractivity contribution is 5.84. The highest BCUT2D eigenvalue weighted by Crippen LogP contribution is 2.15. The smallest absolute Gasteiger partial charge is 0.297 e. The third kappa shape index (κ3) is 2.02. The fourth-order valence-electron chi connectivity index (χ4n) is 0.865. The minimum atomic E-state index is -1.68. The SMILES string of the molecule is O=C(F)Nc1ccccc1CF. The van der Waals surface area contributed by atoms with Gasteiger partial charge in [0, 0.05) is 11.3 Å². The van der Waals surface area contributed by atoms with E-state index in [-0.39, 0.29) is 11.3 Å². The number of hydrogen-bond donors (Lipinski definition) is 1. The van der Waals surface area contributed by atoms with Crippen LogP contribution in [0, 0.1) is 0 Å². The van der Waals surface area contributed by atoms with Crippen LogP contribution in [0.25, 0.3) is 0 Å². The Morgan fingerprint density at radius 1 is 1.42 bits per heavy atom. The fourth-order valence-corrected chi connectivity index (χ4v) is 0.865. The van der Waals surface area contributed by atoms with E-state index in [2.05, 4.69) is 0 Å². The Labute approximate surface area is 68.2 Å². The molecule has 0 heterocycles. The van der Waals surface area contributed by atoms with Crippen LogP contribution in [0.2, 0.25) is 0 Å². The summed E-state index contributed by atoms with van der Waals surface area (Å²) in [4.78, 5) is 9.98. The topological polar surface area (TPSA) is 29.1 Å². The fraction of sp³-hybridized carbons (Fsp3) is 0.125. The van der Waals surface area contributed by atoms with E-state index in [1.807, 2.05) is 5.32 Å². The summed E-state index contributed by atoms with van der Waals surface area (Å²) in [7, 11) is 0. The number of carbonyl (C=O) groups is 1. The van der Waals surface area contributed by atoms with Crippen molar-refractivity contribution in [3.63, 3.8) is 0 Å². The molecule has 0 unspecified atom stereocenters. The van der Waals surface area contributed by atoms with Gasteiger partial charge in [-0.05, 0) is 6.07 Å². The third-order valence-corrected chi connectivity index (χ3v) is 1.39. The number of anilines is 1. The van der Waals surface area contributed by atoms with Gasteiger partial charge in [-0.2, -0.15) is 0 Å². The first-order valence-corrected chi connectivity index (χ1v) is 3.34. The van der Waals surface area contributed by atoms with Crippen molar-refractivity contribution in [3.05, 3.63) is 29.8 Å². The maximum atomic E-state index is 12.2. The lowest BCUT2D eigenvalue weighted by Crippen LogP contribution is -2.04. The Hall–Kier alpha value is -1.45. The molecule has 1 N–H and O–H groups in total. The molecule has 1 aromatic carbocycles. The second kappa shape index (κ2) is 3.80. The van der Waals surface area contributed by atoms with Crippen molar-refractivity contribution >= 4 is 11.8 Å². The lowest BCUT2D eigenvalue weighted by atomic mass is 10.2. The minimum Gasteiger partial charge on any atom is -0.297 e. The van der Waals surface area contributed by atoms with Crippen molar-refractivity contribution in [1.82, 2.24) is 0 Å². The monoisotopic (exact) mass is 171 g/mol. The van der Waals surface area contributed by atoms with E-state index < -0.39 is 12.8 Å². The van der Waals surface area contributed by atoms with E-state index in [9.17, 15) is 13.6 Å². The second-order valence-electron chi connectivity index (χ2n) is 2.19. The van der Waals surface area contributed by atoms with E-state index in [1.54, 1.807) is 12.1 Å². The summed E-state index contributed by atoms with van der Waals surface area (Å²) in [5, 5.41) is 1.88. The third-order valence-electron chi connectivity index (χ3n) is 1.39. The van der Waals surface area contributed by atoms with Crippen molar-refractivity contribution < 1.29 is 13.6 Å². The summed E-state index contributed by atoms with van der Waals surface area (Å²) in [6.45, 7) is -0.726. The minimum absolute atomic E-state index is 0.174. The molecule has 0 spiro atoms. The number of carbonyl (C=O) groups excluding carboxylic acids is 1. The summed E-state index contributed by atoms with van der Waals surface area (Å²) in [5.41, 5.74) is 0.441. The summed E-state index contributed by atoms with van der Waals surface area (Å²) < 4.78 is 24.0. The van der Waals surface area contributed by atoms with E-state index >= 15 is 0 Å². The Bertz CT molecular complexity index is 288. The summed E-state index contributed by atoms with van der Waals surface area (Å²) in [6, 6.07) is 6.12. The van der Waals surface area contributed by atoms with Gasteiger partial charge in [0.1, 0.15) is 6.67 Å². The molecule has 0 radical (unpaired) electrons. The molecule has 0 saturated carbocycles. The van der Waals surface area contributed by atoms with Crippen molar-refractivity contribution in [3.8, 4) is 0 Å². The lowest BCUT2D eigenvalue weighted by molar-refractivity contribution is 0.234. The predicted octanol–water partition coefficient (Wildman–Crippen LogP) is 2.66. The molecule has 0 aliphatic carbocycles. The van der Waals surface area contributed by atoms with E-state index in [4.69, 9.17) is 0 Å². The number of nitrogens with one attached hydrogen (secondary N) is 1. The first-order chi connectivity index (χ1) is 5.74. The van der Waals surface area contributed by atoms with Gasteiger partial charge in [0.25, 0.3) is 0 Å². The number of alkyl halides is 1. The Morgan fingerprint density at radius 2 is 2.08 bits per heavy atom. The quantitative estimate of drug-likeness (QED) is 0.537. The largest absolute Gasteiger partial charge is 0.401 e. The van der Waals surface area contributed by atoms with Crippen LogP contribution >= 0.6 is 0 Å². The molecule has 0 bridgehead atoms. The zero-order valence-electron chi connectivity index (χ0n) is 6.18. The van der Waals surface area contributed by atoms with Crippen LogP contribution in [0.5, 0.6) is 0 Å². The Kier molecular flexibility index (Phi) is 2.74. The van der Waals surface area contributed by atoms with E-state index in [0.717, 1.165) is 0 Å². The number of halogens is 2. The molecule has 4 heteroatoms. The molecule has 1 rings (SSSR count). The number of rotatable bonds is 2. The number of benzene rings is 1. The van der Waals surface area contributed by atoms with E-state index in [1.165, 1.54) is 12.1 Å². The van der Waals surface area contributed by atoms with Crippen molar-refractivity contribution in [2.24, 2.45) is 0 Å². The van der Waals surface area contributed by atoms with Gasteiger partial charge in [0.2, 0.25) is 0 Å². The van der Waals surface area contributed by atoms with Crippen molar-refractivity contribution in [1.29, 1.82) is 0 Å². The van der Waals surface area contributed by atoms with Crippen molar-refractivity contribution in [2.45, 2.75) is 6.67 Å². The van der Waals surface area contributed by atoms with Crippen LogP contribution in [0.3, 0.4) is 0 Å². The second-order valence-corrected chi connectivity index (χ2v) is 2.19. The summed E-state index contributed by atoms with van der Waals surface area (Å²) >= 11 is 0. The highest BCUT2D eigenvalue weighted by Gasteiger charge is 2.03. The molecule has 0 aliphatic rings. The molecule has 12 heavy (non-hydrogen) atoms. The average molecular weight is 171 g/mol. The Morgan fingerprint density at radius 3 is 2.67 bits per heavy atom. The molecule has 2 nitrogen and oxygen atoms in total. The van der Waals surface area contributed by atoms with Crippen LogP contribution in [-0.4, -0.2) is 6.16 Å². The molecule has 0 aromatic heterocycles. The average Bonchev–Trinajstić information content (AvgIpc) is 2.04. The van der Waals surface area contributed by atoms with Crippen LogP contribution in [0.15, 0.2) is 24.3 Å². The number of para-hydroxylation sites is 1. The normalized spacial score (nSPS) is 9.50. The summed E-state index contributed by atoms with van der Waals surface area (Å²) in [5.74, 6) is 0. The van der Waals surface area contributed by atoms with Crippen molar-refractivity contribution in [2.75, 3.05) is 5.32 Å². The van der Waals surface area contributed by atoms with E-state index in [0.29, 0.717) is 0 Å². The highest BCUT2D eigenvalue weighted by atomic mass is 19.1. The van der Waals surface area contributed by atoms with Crippen LogP contribution < -0.4 is 5.32 Å². The van der Waals surface area contributed by atoms with Gasteiger partial charge in [0.15, 0.2) is 0 Å². The summed E-state index contributed by atoms with van der Waals surface area (Å²) in [6.07, 6.45) is -1.68. The first kappa shape index (κ1) is 8.64. The maximum Gasteiger partial charge on any atom is 0.401 e. The lowest BCUT2D eigenvalue weighted by Gasteiger charge is -2.03. The standard InChI is InChI=1S/C8H7F2NO/c9-5-6-3-1-2-4-7(6)11-8(10)12/h1-4H,5H2,(H,11,12). The molecule has 1 amide bonds. The van der Waals surface area contributed by atoms with Gasteiger partial charge in [-0.3, -0.25) is 5.32 Å². The zero-order valence-corrected chi connectivity index (χ0v) is 6.18. The molecule has 0 fully saturated rings. The first-order valence-electron chi connectivity index (χ1n) is 3.34. The molecule has 64 valence electrons. The molecule has 0 aliphatic heterocycles. The number of hydrogen-bond acceptors (Lipinski definition) is 1. The molecule has 1 aromatic rings. The molecule has 0 saturated heterocycles. The van der Waals surface area contributed by atoms with Crippen LogP contribution in [-0.2, 0) is 6.67 Å². The predicted molar refractivity (Wildman–Crippen MR) is 41.4 cm³/mol.